The van der Waals surface area contributed by atoms with Crippen LogP contribution >= 0.6 is 22.6 Å². The zero-order chi connectivity index (χ0) is 14.7. The fourth-order valence-electron chi connectivity index (χ4n) is 2.70. The van der Waals surface area contributed by atoms with E-state index in [1.165, 1.54) is 0 Å². The van der Waals surface area contributed by atoms with E-state index in [0.29, 0.717) is 0 Å². The van der Waals surface area contributed by atoms with Gasteiger partial charge in [-0.3, -0.25) is 4.98 Å². The first kappa shape index (κ1) is 14.3. The van der Waals surface area contributed by atoms with Gasteiger partial charge in [-0.2, -0.15) is 0 Å². The van der Waals surface area contributed by atoms with Gasteiger partial charge in [-0.1, -0.05) is 6.07 Å². The Labute approximate surface area is 137 Å². The second-order valence-corrected chi connectivity index (χ2v) is 6.32. The van der Waals surface area contributed by atoms with E-state index in [2.05, 4.69) is 32.9 Å². The normalized spacial score (nSPS) is 17.8. The first-order chi connectivity index (χ1) is 10.2. The lowest BCUT2D eigenvalue weighted by atomic mass is 10.1. The van der Waals surface area contributed by atoms with Gasteiger partial charge in [0.2, 0.25) is 0 Å². The van der Waals surface area contributed by atoms with Gasteiger partial charge in [-0.15, -0.1) is 0 Å². The lowest BCUT2D eigenvalue weighted by Gasteiger charge is -2.25. The van der Waals surface area contributed by atoms with E-state index in [9.17, 15) is 4.79 Å². The molecule has 1 atom stereocenters. The first-order valence-electron chi connectivity index (χ1n) is 6.97. The highest BCUT2D eigenvalue weighted by atomic mass is 127. The quantitative estimate of drug-likeness (QED) is 0.783. The number of nitrogens with one attached hydrogen (secondary N) is 1. The zero-order valence-electron chi connectivity index (χ0n) is 11.5. The predicted molar refractivity (Wildman–Crippen MR) is 91.1 cm³/mol. The molecule has 1 aromatic carbocycles. The summed E-state index contributed by atoms with van der Waals surface area (Å²) in [5.74, 6) is 0. The minimum Gasteiger partial charge on any atom is -0.317 e. The summed E-state index contributed by atoms with van der Waals surface area (Å²) in [4.78, 5) is 18.5. The van der Waals surface area contributed by atoms with Crippen LogP contribution in [-0.2, 0) is 0 Å². The van der Waals surface area contributed by atoms with Crippen molar-refractivity contribution >= 4 is 34.3 Å². The molecule has 2 aromatic rings. The molecule has 1 aromatic heterocycles. The van der Waals surface area contributed by atoms with Crippen molar-refractivity contribution in [3.8, 4) is 0 Å². The van der Waals surface area contributed by atoms with Crippen molar-refractivity contribution in [3.63, 3.8) is 0 Å². The number of anilines is 1. The number of carbonyl (C=O) groups is 1. The topological polar surface area (TPSA) is 45.2 Å². The smallest absolute Gasteiger partial charge is 0.317 e. The Balaban J connectivity index is 1.74. The molecule has 21 heavy (non-hydrogen) atoms. The van der Waals surface area contributed by atoms with Crippen LogP contribution < -0.4 is 5.32 Å². The third kappa shape index (κ3) is 3.34. The highest BCUT2D eigenvalue weighted by Gasteiger charge is 2.29. The third-order valence-electron chi connectivity index (χ3n) is 3.68. The lowest BCUT2D eigenvalue weighted by Crippen LogP contribution is -2.34. The van der Waals surface area contributed by atoms with Gasteiger partial charge in [0.25, 0.3) is 0 Å². The molecule has 1 fully saturated rings. The van der Waals surface area contributed by atoms with Crippen LogP contribution in [0.4, 0.5) is 10.5 Å². The summed E-state index contributed by atoms with van der Waals surface area (Å²) in [7, 11) is 0. The lowest BCUT2D eigenvalue weighted by molar-refractivity contribution is 0.207. The number of rotatable bonds is 2. The highest BCUT2D eigenvalue weighted by Crippen LogP contribution is 2.32. The monoisotopic (exact) mass is 393 g/mol. The number of pyridine rings is 1. The number of aromatic nitrogens is 1. The highest BCUT2D eigenvalue weighted by molar-refractivity contribution is 14.1. The molecular weight excluding hydrogens is 377 g/mol. The summed E-state index contributed by atoms with van der Waals surface area (Å²) >= 11 is 2.24. The second kappa shape index (κ2) is 6.43. The average molecular weight is 393 g/mol. The summed E-state index contributed by atoms with van der Waals surface area (Å²) in [6.07, 6.45) is 5.60. The van der Waals surface area contributed by atoms with Gasteiger partial charge in [0.15, 0.2) is 0 Å². The van der Waals surface area contributed by atoms with Crippen molar-refractivity contribution in [1.29, 1.82) is 0 Å². The second-order valence-electron chi connectivity index (χ2n) is 5.07. The third-order valence-corrected chi connectivity index (χ3v) is 4.35. The number of amides is 2. The summed E-state index contributed by atoms with van der Waals surface area (Å²) in [5, 5.41) is 2.99. The molecule has 3 rings (SSSR count). The molecule has 1 N–H and O–H groups in total. The fraction of sp³-hybridized carbons (Fsp3) is 0.250. The van der Waals surface area contributed by atoms with Crippen LogP contribution in [0.1, 0.15) is 24.4 Å². The Morgan fingerprint density at radius 1 is 1.29 bits per heavy atom. The van der Waals surface area contributed by atoms with Gasteiger partial charge >= 0.3 is 6.03 Å². The van der Waals surface area contributed by atoms with E-state index < -0.39 is 0 Å². The van der Waals surface area contributed by atoms with Crippen LogP contribution in [0, 0.1) is 3.57 Å². The molecule has 0 aliphatic carbocycles. The van der Waals surface area contributed by atoms with Crippen molar-refractivity contribution in [2.75, 3.05) is 11.9 Å². The molecule has 0 radical (unpaired) electrons. The van der Waals surface area contributed by atoms with Crippen molar-refractivity contribution in [2.45, 2.75) is 18.9 Å². The minimum atomic E-state index is -0.0312. The van der Waals surface area contributed by atoms with Gasteiger partial charge in [-0.05, 0) is 71.3 Å². The SMILES string of the molecule is O=C(Nc1cccc(I)c1)N1CCCC1c1ccncc1. The molecule has 4 nitrogen and oxygen atoms in total. The summed E-state index contributed by atoms with van der Waals surface area (Å²) in [5.41, 5.74) is 1.99. The first-order valence-corrected chi connectivity index (χ1v) is 8.05. The van der Waals surface area contributed by atoms with Crippen molar-refractivity contribution in [3.05, 3.63) is 57.9 Å². The summed E-state index contributed by atoms with van der Waals surface area (Å²) < 4.78 is 1.11. The average Bonchev–Trinajstić information content (AvgIpc) is 2.98. The zero-order valence-corrected chi connectivity index (χ0v) is 13.7. The molecule has 1 aliphatic heterocycles. The van der Waals surface area contributed by atoms with E-state index in [1.54, 1.807) is 12.4 Å². The fourth-order valence-corrected chi connectivity index (χ4v) is 3.25. The molecule has 2 amide bonds. The van der Waals surface area contributed by atoms with Crippen molar-refractivity contribution in [1.82, 2.24) is 9.88 Å². The van der Waals surface area contributed by atoms with Gasteiger partial charge in [0.1, 0.15) is 0 Å². The Bertz CT molecular complexity index is 632. The number of hydrogen-bond acceptors (Lipinski definition) is 2. The van der Waals surface area contributed by atoms with Gasteiger partial charge in [0.05, 0.1) is 6.04 Å². The molecule has 1 unspecified atom stereocenters. The van der Waals surface area contributed by atoms with E-state index in [-0.39, 0.29) is 12.1 Å². The Morgan fingerprint density at radius 3 is 2.86 bits per heavy atom. The largest absolute Gasteiger partial charge is 0.322 e. The minimum absolute atomic E-state index is 0.0312. The van der Waals surface area contributed by atoms with E-state index in [1.807, 2.05) is 41.3 Å². The van der Waals surface area contributed by atoms with Crippen LogP contribution in [0.5, 0.6) is 0 Å². The molecule has 1 aliphatic rings. The van der Waals surface area contributed by atoms with Crippen molar-refractivity contribution < 1.29 is 4.79 Å². The molecule has 108 valence electrons. The van der Waals surface area contributed by atoms with Crippen molar-refractivity contribution in [2.24, 2.45) is 0 Å². The number of urea groups is 1. The molecular formula is C16H16IN3O. The molecule has 0 spiro atoms. The van der Waals surface area contributed by atoms with Crippen LogP contribution in [0.15, 0.2) is 48.8 Å². The van der Waals surface area contributed by atoms with E-state index in [4.69, 9.17) is 0 Å². The number of halogens is 1. The number of carbonyl (C=O) groups excluding carboxylic acids is 1. The number of benzene rings is 1. The predicted octanol–water partition coefficient (Wildman–Crippen LogP) is 4.06. The van der Waals surface area contributed by atoms with Gasteiger partial charge in [0, 0.05) is 28.2 Å². The van der Waals surface area contributed by atoms with Crippen LogP contribution in [-0.4, -0.2) is 22.5 Å². The summed E-state index contributed by atoms with van der Waals surface area (Å²) in [6.45, 7) is 0.794. The van der Waals surface area contributed by atoms with Gasteiger partial charge < -0.3 is 10.2 Å². The van der Waals surface area contributed by atoms with E-state index >= 15 is 0 Å². The van der Waals surface area contributed by atoms with Gasteiger partial charge in [-0.25, -0.2) is 4.79 Å². The van der Waals surface area contributed by atoms with Crippen LogP contribution in [0.2, 0.25) is 0 Å². The Morgan fingerprint density at radius 2 is 2.10 bits per heavy atom. The Kier molecular flexibility index (Phi) is 4.38. The number of nitrogens with zero attached hydrogens (tertiary/aromatic N) is 2. The molecule has 2 heterocycles. The van der Waals surface area contributed by atoms with Crippen LogP contribution in [0.3, 0.4) is 0 Å². The standard InChI is InChI=1S/C16H16IN3O/c17-13-3-1-4-14(11-13)19-16(21)20-10-2-5-15(20)12-6-8-18-9-7-12/h1,3-4,6-9,11,15H,2,5,10H2,(H,19,21). The Hall–Kier alpha value is -1.63. The maximum atomic E-state index is 12.5. The number of likely N-dealkylation sites (tertiary alicyclic amines) is 1. The summed E-state index contributed by atoms with van der Waals surface area (Å²) in [6, 6.07) is 11.9. The molecule has 0 saturated carbocycles. The molecule has 5 heteroatoms. The molecule has 0 bridgehead atoms. The number of hydrogen-bond donors (Lipinski definition) is 1. The maximum Gasteiger partial charge on any atom is 0.322 e. The van der Waals surface area contributed by atoms with Crippen LogP contribution in [0.25, 0.3) is 0 Å². The molecule has 1 saturated heterocycles. The maximum absolute atomic E-state index is 12.5. The van der Waals surface area contributed by atoms with E-state index in [0.717, 1.165) is 34.2 Å².